The number of aromatic nitrogens is 1. The minimum absolute atomic E-state index is 0.0957. The Morgan fingerprint density at radius 2 is 2.05 bits per heavy atom. The minimum atomic E-state index is -0.388. The van der Waals surface area contributed by atoms with Crippen LogP contribution in [0.1, 0.15) is 12.8 Å². The van der Waals surface area contributed by atoms with Crippen molar-refractivity contribution in [3.05, 3.63) is 40.4 Å². The van der Waals surface area contributed by atoms with E-state index < -0.39 is 0 Å². The molecule has 20 heavy (non-hydrogen) atoms. The Morgan fingerprint density at radius 1 is 1.25 bits per heavy atom. The Hall–Kier alpha value is -2.21. The van der Waals surface area contributed by atoms with Gasteiger partial charge in [-0.25, -0.2) is 4.98 Å². The third-order valence-corrected chi connectivity index (χ3v) is 3.57. The van der Waals surface area contributed by atoms with Crippen molar-refractivity contribution in [1.29, 1.82) is 0 Å². The predicted octanol–water partition coefficient (Wildman–Crippen LogP) is 2.31. The molecular weight excluding hydrogens is 256 g/mol. The van der Waals surface area contributed by atoms with Gasteiger partial charge < -0.3 is 10.6 Å². The summed E-state index contributed by atoms with van der Waals surface area (Å²) < 4.78 is 0. The highest BCUT2D eigenvalue weighted by Gasteiger charge is 2.13. The second kappa shape index (κ2) is 5.42. The van der Waals surface area contributed by atoms with Gasteiger partial charge >= 0.3 is 0 Å². The fourth-order valence-electron chi connectivity index (χ4n) is 2.48. The number of nitrogens with zero attached hydrogens (tertiary/aromatic N) is 2. The maximum atomic E-state index is 10.7. The zero-order valence-electron chi connectivity index (χ0n) is 11.0. The van der Waals surface area contributed by atoms with Crippen LogP contribution >= 0.6 is 0 Å². The van der Waals surface area contributed by atoms with Gasteiger partial charge in [0.25, 0.3) is 5.69 Å². The van der Waals surface area contributed by atoms with Crippen LogP contribution in [0.4, 0.5) is 11.5 Å². The van der Waals surface area contributed by atoms with Crippen molar-refractivity contribution in [3.63, 3.8) is 0 Å². The molecule has 0 bridgehead atoms. The number of non-ortho nitro benzene ring substituents is 1. The highest BCUT2D eigenvalue weighted by molar-refractivity contribution is 5.82. The van der Waals surface area contributed by atoms with Gasteiger partial charge in [-0.15, -0.1) is 0 Å². The number of hydrogen-bond acceptors (Lipinski definition) is 5. The normalized spacial score (nSPS) is 16.2. The summed E-state index contributed by atoms with van der Waals surface area (Å²) in [5.41, 5.74) is 0.868. The van der Waals surface area contributed by atoms with Gasteiger partial charge in [0.15, 0.2) is 0 Å². The molecule has 1 aliphatic heterocycles. The van der Waals surface area contributed by atoms with Crippen LogP contribution in [0.2, 0.25) is 0 Å². The fourth-order valence-corrected chi connectivity index (χ4v) is 2.48. The number of piperidine rings is 1. The van der Waals surface area contributed by atoms with Crippen molar-refractivity contribution in [3.8, 4) is 0 Å². The summed E-state index contributed by atoms with van der Waals surface area (Å²) in [5, 5.41) is 18.3. The van der Waals surface area contributed by atoms with E-state index >= 15 is 0 Å². The second-order valence-corrected chi connectivity index (χ2v) is 5.00. The summed E-state index contributed by atoms with van der Waals surface area (Å²) in [6.07, 6.45) is 2.17. The van der Waals surface area contributed by atoms with Crippen molar-refractivity contribution in [2.75, 3.05) is 18.4 Å². The SMILES string of the molecule is O=[N+]([O-])c1ccc2nc(NC3CCNCC3)ccc2c1. The molecule has 6 nitrogen and oxygen atoms in total. The summed E-state index contributed by atoms with van der Waals surface area (Å²) in [4.78, 5) is 14.9. The average Bonchev–Trinajstić information content (AvgIpc) is 2.47. The molecular formula is C14H16N4O2. The van der Waals surface area contributed by atoms with Crippen LogP contribution in [0.5, 0.6) is 0 Å². The van der Waals surface area contributed by atoms with Gasteiger partial charge in [-0.05, 0) is 44.1 Å². The first-order valence-electron chi connectivity index (χ1n) is 6.75. The van der Waals surface area contributed by atoms with Crippen molar-refractivity contribution < 1.29 is 4.92 Å². The van der Waals surface area contributed by atoms with Crippen molar-refractivity contribution in [1.82, 2.24) is 10.3 Å². The van der Waals surface area contributed by atoms with Crippen LogP contribution in [-0.4, -0.2) is 29.0 Å². The minimum Gasteiger partial charge on any atom is -0.367 e. The van der Waals surface area contributed by atoms with E-state index in [1.54, 1.807) is 12.1 Å². The lowest BCUT2D eigenvalue weighted by molar-refractivity contribution is -0.384. The number of benzene rings is 1. The molecule has 0 aliphatic carbocycles. The lowest BCUT2D eigenvalue weighted by Gasteiger charge is -2.24. The van der Waals surface area contributed by atoms with Crippen LogP contribution in [-0.2, 0) is 0 Å². The second-order valence-electron chi connectivity index (χ2n) is 5.00. The number of nitro groups is 1. The van der Waals surface area contributed by atoms with E-state index in [0.29, 0.717) is 6.04 Å². The first kappa shape index (κ1) is 12.8. The zero-order valence-corrected chi connectivity index (χ0v) is 11.0. The molecule has 0 amide bonds. The number of nitro benzene ring substituents is 1. The fraction of sp³-hybridized carbons (Fsp3) is 0.357. The summed E-state index contributed by atoms with van der Waals surface area (Å²) in [6.45, 7) is 2.05. The molecule has 0 unspecified atom stereocenters. The van der Waals surface area contributed by atoms with Crippen molar-refractivity contribution in [2.24, 2.45) is 0 Å². The van der Waals surface area contributed by atoms with Gasteiger partial charge in [-0.2, -0.15) is 0 Å². The third kappa shape index (κ3) is 2.70. The molecule has 104 valence electrons. The Morgan fingerprint density at radius 3 is 2.80 bits per heavy atom. The highest BCUT2D eigenvalue weighted by atomic mass is 16.6. The number of fused-ring (bicyclic) bond motifs is 1. The lowest BCUT2D eigenvalue weighted by atomic mass is 10.1. The van der Waals surface area contributed by atoms with E-state index in [-0.39, 0.29) is 10.6 Å². The standard InChI is InChI=1S/C14H16N4O2/c19-18(20)12-2-3-13-10(9-12)1-4-14(17-13)16-11-5-7-15-8-6-11/h1-4,9,11,15H,5-8H2,(H,16,17). The Labute approximate surface area is 116 Å². The van der Waals surface area contributed by atoms with E-state index in [2.05, 4.69) is 15.6 Å². The van der Waals surface area contributed by atoms with E-state index in [4.69, 9.17) is 0 Å². The molecule has 0 atom stereocenters. The summed E-state index contributed by atoms with van der Waals surface area (Å²) in [6, 6.07) is 8.94. The van der Waals surface area contributed by atoms with Crippen LogP contribution < -0.4 is 10.6 Å². The molecule has 3 rings (SSSR count). The maximum absolute atomic E-state index is 10.7. The average molecular weight is 272 g/mol. The molecule has 1 fully saturated rings. The molecule has 2 N–H and O–H groups in total. The molecule has 0 saturated carbocycles. The van der Waals surface area contributed by atoms with Gasteiger partial charge in [0, 0.05) is 23.6 Å². The van der Waals surface area contributed by atoms with E-state index in [1.165, 1.54) is 6.07 Å². The Balaban J connectivity index is 1.83. The number of anilines is 1. The molecule has 1 aliphatic rings. The van der Waals surface area contributed by atoms with Crippen LogP contribution in [0.25, 0.3) is 10.9 Å². The molecule has 1 saturated heterocycles. The lowest BCUT2D eigenvalue weighted by Crippen LogP contribution is -2.35. The van der Waals surface area contributed by atoms with Gasteiger partial charge in [0.05, 0.1) is 10.4 Å². The van der Waals surface area contributed by atoms with Crippen LogP contribution in [0.15, 0.2) is 30.3 Å². The molecule has 2 aromatic rings. The summed E-state index contributed by atoms with van der Waals surface area (Å²) in [7, 11) is 0. The van der Waals surface area contributed by atoms with E-state index in [0.717, 1.165) is 42.7 Å². The number of nitrogens with one attached hydrogen (secondary N) is 2. The van der Waals surface area contributed by atoms with Crippen LogP contribution in [0.3, 0.4) is 0 Å². The number of pyridine rings is 1. The maximum Gasteiger partial charge on any atom is 0.270 e. The number of rotatable bonds is 3. The third-order valence-electron chi connectivity index (χ3n) is 3.57. The quantitative estimate of drug-likeness (QED) is 0.662. The van der Waals surface area contributed by atoms with E-state index in [9.17, 15) is 10.1 Å². The van der Waals surface area contributed by atoms with Crippen molar-refractivity contribution >= 4 is 22.4 Å². The Bertz CT molecular complexity index is 638. The van der Waals surface area contributed by atoms with Gasteiger partial charge in [0.1, 0.15) is 5.82 Å². The van der Waals surface area contributed by atoms with Gasteiger partial charge in [-0.1, -0.05) is 0 Å². The highest BCUT2D eigenvalue weighted by Crippen LogP contribution is 2.21. The van der Waals surface area contributed by atoms with E-state index in [1.807, 2.05) is 12.1 Å². The molecule has 0 radical (unpaired) electrons. The molecule has 1 aromatic heterocycles. The van der Waals surface area contributed by atoms with Crippen molar-refractivity contribution in [2.45, 2.75) is 18.9 Å². The number of hydrogen-bond donors (Lipinski definition) is 2. The van der Waals surface area contributed by atoms with Gasteiger partial charge in [-0.3, -0.25) is 10.1 Å². The summed E-state index contributed by atoms with van der Waals surface area (Å²) >= 11 is 0. The van der Waals surface area contributed by atoms with Crippen LogP contribution in [0, 0.1) is 10.1 Å². The summed E-state index contributed by atoms with van der Waals surface area (Å²) in [5.74, 6) is 0.832. The Kier molecular flexibility index (Phi) is 3.47. The van der Waals surface area contributed by atoms with Gasteiger partial charge in [0.2, 0.25) is 0 Å². The molecule has 1 aromatic carbocycles. The first-order chi connectivity index (χ1) is 9.72. The molecule has 6 heteroatoms. The predicted molar refractivity (Wildman–Crippen MR) is 77.9 cm³/mol. The zero-order chi connectivity index (χ0) is 13.9. The smallest absolute Gasteiger partial charge is 0.270 e. The topological polar surface area (TPSA) is 80.1 Å². The first-order valence-corrected chi connectivity index (χ1v) is 6.75. The molecule has 0 spiro atoms. The monoisotopic (exact) mass is 272 g/mol. The largest absolute Gasteiger partial charge is 0.367 e. The molecule has 2 heterocycles.